The average Bonchev–Trinajstić information content (AvgIpc) is 2.04. The van der Waals surface area contributed by atoms with Gasteiger partial charge in [0.15, 0.2) is 12.1 Å². The summed E-state index contributed by atoms with van der Waals surface area (Å²) in [5, 5.41) is 0. The first kappa shape index (κ1) is 8.84. The van der Waals surface area contributed by atoms with Crippen molar-refractivity contribution in [3.8, 4) is 0 Å². The summed E-state index contributed by atoms with van der Waals surface area (Å²) in [7, 11) is 0. The van der Waals surface area contributed by atoms with Crippen LogP contribution in [0.3, 0.4) is 0 Å². The highest BCUT2D eigenvalue weighted by atomic mass is 16.1. The van der Waals surface area contributed by atoms with Crippen LogP contribution in [0.4, 0.5) is 0 Å². The minimum Gasteiger partial charge on any atom is -0.294 e. The molecule has 3 heteroatoms. The van der Waals surface area contributed by atoms with Crippen LogP contribution in [0.5, 0.6) is 0 Å². The Morgan fingerprint density at radius 3 is 2.83 bits per heavy atom. The van der Waals surface area contributed by atoms with Crippen LogP contribution >= 0.6 is 0 Å². The summed E-state index contributed by atoms with van der Waals surface area (Å²) in [6.45, 7) is 3.95. The third-order valence-electron chi connectivity index (χ3n) is 1.54. The Morgan fingerprint density at radius 1 is 1.50 bits per heavy atom. The zero-order valence-electron chi connectivity index (χ0n) is 7.37. The van der Waals surface area contributed by atoms with Crippen molar-refractivity contribution in [2.24, 2.45) is 0 Å². The third-order valence-corrected chi connectivity index (χ3v) is 1.54. The number of aldehydes is 1. The molecule has 1 aromatic rings. The molecule has 0 saturated heterocycles. The summed E-state index contributed by atoms with van der Waals surface area (Å²) < 4.78 is 0. The predicted molar refractivity (Wildman–Crippen MR) is 46.2 cm³/mol. The van der Waals surface area contributed by atoms with Gasteiger partial charge in [-0.05, 0) is 19.4 Å². The molecular weight excluding hydrogens is 152 g/mol. The van der Waals surface area contributed by atoms with E-state index in [2.05, 4.69) is 16.9 Å². The molecule has 0 N–H and O–H groups in total. The van der Waals surface area contributed by atoms with Gasteiger partial charge in [0.1, 0.15) is 0 Å². The molecule has 64 valence electrons. The number of aromatic nitrogens is 2. The lowest BCUT2D eigenvalue weighted by Crippen LogP contribution is -1.99. The molecule has 0 aliphatic carbocycles. The minimum atomic E-state index is 0.290. The van der Waals surface area contributed by atoms with Gasteiger partial charge in [0, 0.05) is 11.4 Å². The van der Waals surface area contributed by atoms with Crippen molar-refractivity contribution in [3.05, 3.63) is 23.3 Å². The van der Waals surface area contributed by atoms with E-state index in [9.17, 15) is 4.79 Å². The van der Waals surface area contributed by atoms with Crippen molar-refractivity contribution in [1.82, 2.24) is 9.97 Å². The summed E-state index contributed by atoms with van der Waals surface area (Å²) in [5.41, 5.74) is 1.81. The Hall–Kier alpha value is -1.25. The van der Waals surface area contributed by atoms with Crippen molar-refractivity contribution in [3.63, 3.8) is 0 Å². The number of aryl methyl sites for hydroxylation is 2. The standard InChI is InChI=1S/C9H12N2O/c1-3-4-8-5-7(2)10-9(6-12)11-8/h5-6H,3-4H2,1-2H3. The zero-order valence-corrected chi connectivity index (χ0v) is 7.37. The van der Waals surface area contributed by atoms with Gasteiger partial charge in [-0.2, -0.15) is 0 Å². The van der Waals surface area contributed by atoms with Crippen LogP contribution in [0.15, 0.2) is 6.07 Å². The maximum atomic E-state index is 10.4. The maximum Gasteiger partial charge on any atom is 0.193 e. The van der Waals surface area contributed by atoms with E-state index in [4.69, 9.17) is 0 Å². The van der Waals surface area contributed by atoms with E-state index in [1.165, 1.54) is 0 Å². The van der Waals surface area contributed by atoms with E-state index in [1.54, 1.807) is 0 Å². The SMILES string of the molecule is CCCc1cc(C)nc(C=O)n1. The average molecular weight is 164 g/mol. The van der Waals surface area contributed by atoms with Gasteiger partial charge < -0.3 is 0 Å². The summed E-state index contributed by atoms with van der Waals surface area (Å²) in [5.74, 6) is 0.290. The Bertz CT molecular complexity index is 284. The molecule has 1 aromatic heterocycles. The fraction of sp³-hybridized carbons (Fsp3) is 0.444. The Balaban J connectivity index is 2.97. The molecule has 0 saturated carbocycles. The van der Waals surface area contributed by atoms with E-state index in [0.29, 0.717) is 12.1 Å². The Kier molecular flexibility index (Phi) is 2.91. The molecule has 1 rings (SSSR count). The second-order valence-corrected chi connectivity index (χ2v) is 2.73. The van der Waals surface area contributed by atoms with Crippen molar-refractivity contribution < 1.29 is 4.79 Å². The summed E-state index contributed by atoms with van der Waals surface area (Å²) in [4.78, 5) is 18.4. The number of nitrogens with zero attached hydrogens (tertiary/aromatic N) is 2. The number of carbonyl (C=O) groups excluding carboxylic acids is 1. The second kappa shape index (κ2) is 3.95. The summed E-state index contributed by atoms with van der Waals surface area (Å²) in [6.07, 6.45) is 2.63. The Labute approximate surface area is 71.9 Å². The molecule has 12 heavy (non-hydrogen) atoms. The fourth-order valence-corrected chi connectivity index (χ4v) is 1.10. The molecule has 0 atom stereocenters. The summed E-state index contributed by atoms with van der Waals surface area (Å²) in [6, 6.07) is 1.91. The highest BCUT2D eigenvalue weighted by Gasteiger charge is 1.99. The Morgan fingerprint density at radius 2 is 2.25 bits per heavy atom. The van der Waals surface area contributed by atoms with Crippen LogP contribution in [0.1, 0.15) is 35.4 Å². The molecule has 0 aliphatic heterocycles. The molecule has 0 aromatic carbocycles. The smallest absolute Gasteiger partial charge is 0.193 e. The van der Waals surface area contributed by atoms with Gasteiger partial charge in [-0.1, -0.05) is 13.3 Å². The molecule has 0 amide bonds. The van der Waals surface area contributed by atoms with Crippen LogP contribution in [-0.4, -0.2) is 16.3 Å². The zero-order chi connectivity index (χ0) is 8.97. The van der Waals surface area contributed by atoms with Crippen LogP contribution in [0.25, 0.3) is 0 Å². The quantitative estimate of drug-likeness (QED) is 0.636. The lowest BCUT2D eigenvalue weighted by atomic mass is 10.2. The van der Waals surface area contributed by atoms with E-state index in [0.717, 1.165) is 24.2 Å². The van der Waals surface area contributed by atoms with Gasteiger partial charge in [0.05, 0.1) is 0 Å². The van der Waals surface area contributed by atoms with Crippen molar-refractivity contribution in [2.45, 2.75) is 26.7 Å². The van der Waals surface area contributed by atoms with E-state index >= 15 is 0 Å². The molecular formula is C9H12N2O. The molecule has 0 spiro atoms. The van der Waals surface area contributed by atoms with Crippen LogP contribution in [0.2, 0.25) is 0 Å². The first-order valence-corrected chi connectivity index (χ1v) is 4.06. The molecule has 0 fully saturated rings. The first-order valence-electron chi connectivity index (χ1n) is 4.06. The number of carbonyl (C=O) groups is 1. The molecule has 3 nitrogen and oxygen atoms in total. The maximum absolute atomic E-state index is 10.4. The van der Waals surface area contributed by atoms with E-state index < -0.39 is 0 Å². The van der Waals surface area contributed by atoms with Gasteiger partial charge in [-0.3, -0.25) is 4.79 Å². The van der Waals surface area contributed by atoms with Crippen LogP contribution in [-0.2, 0) is 6.42 Å². The third kappa shape index (κ3) is 2.12. The fourth-order valence-electron chi connectivity index (χ4n) is 1.10. The highest BCUT2D eigenvalue weighted by Crippen LogP contribution is 2.01. The summed E-state index contributed by atoms with van der Waals surface area (Å²) >= 11 is 0. The second-order valence-electron chi connectivity index (χ2n) is 2.73. The normalized spacial score (nSPS) is 9.83. The van der Waals surface area contributed by atoms with Crippen molar-refractivity contribution in [2.75, 3.05) is 0 Å². The minimum absolute atomic E-state index is 0.290. The molecule has 0 bridgehead atoms. The lowest BCUT2D eigenvalue weighted by molar-refractivity contribution is 0.111. The number of hydrogen-bond donors (Lipinski definition) is 0. The molecule has 0 radical (unpaired) electrons. The van der Waals surface area contributed by atoms with E-state index in [1.807, 2.05) is 13.0 Å². The van der Waals surface area contributed by atoms with Gasteiger partial charge in [0.2, 0.25) is 0 Å². The number of hydrogen-bond acceptors (Lipinski definition) is 3. The predicted octanol–water partition coefficient (Wildman–Crippen LogP) is 1.55. The highest BCUT2D eigenvalue weighted by molar-refractivity contribution is 5.68. The monoisotopic (exact) mass is 164 g/mol. The van der Waals surface area contributed by atoms with Gasteiger partial charge >= 0.3 is 0 Å². The van der Waals surface area contributed by atoms with Crippen LogP contribution < -0.4 is 0 Å². The van der Waals surface area contributed by atoms with Crippen molar-refractivity contribution >= 4 is 6.29 Å². The largest absolute Gasteiger partial charge is 0.294 e. The molecule has 0 aliphatic rings. The molecule has 0 unspecified atom stereocenters. The number of rotatable bonds is 3. The van der Waals surface area contributed by atoms with Gasteiger partial charge in [0.25, 0.3) is 0 Å². The topological polar surface area (TPSA) is 42.9 Å². The van der Waals surface area contributed by atoms with E-state index in [-0.39, 0.29) is 0 Å². The van der Waals surface area contributed by atoms with Crippen LogP contribution in [0, 0.1) is 6.92 Å². The van der Waals surface area contributed by atoms with Crippen molar-refractivity contribution in [1.29, 1.82) is 0 Å². The molecule has 1 heterocycles. The first-order chi connectivity index (χ1) is 5.76. The van der Waals surface area contributed by atoms with Gasteiger partial charge in [-0.25, -0.2) is 9.97 Å². The lowest BCUT2D eigenvalue weighted by Gasteiger charge is -1.99. The van der Waals surface area contributed by atoms with Gasteiger partial charge in [-0.15, -0.1) is 0 Å².